The zero-order valence-corrected chi connectivity index (χ0v) is 12.9. The van der Waals surface area contributed by atoms with Gasteiger partial charge in [0, 0.05) is 25.2 Å². The van der Waals surface area contributed by atoms with Crippen molar-refractivity contribution in [2.24, 2.45) is 11.1 Å². The van der Waals surface area contributed by atoms with Gasteiger partial charge in [-0.2, -0.15) is 0 Å². The van der Waals surface area contributed by atoms with Gasteiger partial charge in [0.05, 0.1) is 0 Å². The van der Waals surface area contributed by atoms with Crippen LogP contribution in [0.1, 0.15) is 38.3 Å². The lowest BCUT2D eigenvalue weighted by Gasteiger charge is -2.28. The quantitative estimate of drug-likeness (QED) is 0.910. The summed E-state index contributed by atoms with van der Waals surface area (Å²) in [6, 6.07) is 6.01. The van der Waals surface area contributed by atoms with Crippen molar-refractivity contribution in [2.75, 3.05) is 11.9 Å². The molecule has 3 nitrogen and oxygen atoms in total. The van der Waals surface area contributed by atoms with E-state index in [4.69, 9.17) is 5.73 Å². The molecule has 0 aromatic heterocycles. The van der Waals surface area contributed by atoms with Crippen LogP contribution in [0.25, 0.3) is 0 Å². The van der Waals surface area contributed by atoms with E-state index in [0.29, 0.717) is 6.42 Å². The molecule has 3 heteroatoms. The number of rotatable bonds is 3. The fraction of sp³-hybridized carbons (Fsp3) is 0.562. The number of hydrogen-bond acceptors (Lipinski definition) is 2. The van der Waals surface area contributed by atoms with Crippen molar-refractivity contribution >= 4 is 11.6 Å². The molecule has 2 N–H and O–H groups in total. The fourth-order valence-electron chi connectivity index (χ4n) is 1.92. The van der Waals surface area contributed by atoms with E-state index in [2.05, 4.69) is 26.8 Å². The number of amides is 1. The molecule has 1 rings (SSSR count). The topological polar surface area (TPSA) is 46.3 Å². The molecule has 0 heterocycles. The number of anilines is 1. The molecular weight excluding hydrogens is 236 g/mol. The molecule has 106 valence electrons. The summed E-state index contributed by atoms with van der Waals surface area (Å²) in [6.07, 6.45) is 0.368. The highest BCUT2D eigenvalue weighted by Crippen LogP contribution is 2.23. The summed E-state index contributed by atoms with van der Waals surface area (Å²) in [5.74, 6) is 0.0624. The van der Waals surface area contributed by atoms with E-state index in [1.807, 2.05) is 33.0 Å². The summed E-state index contributed by atoms with van der Waals surface area (Å²) < 4.78 is 0. The van der Waals surface area contributed by atoms with Gasteiger partial charge in [0.15, 0.2) is 0 Å². The number of carbonyl (C=O) groups is 1. The van der Waals surface area contributed by atoms with Crippen molar-refractivity contribution in [3.63, 3.8) is 0 Å². The van der Waals surface area contributed by atoms with Crippen LogP contribution in [0, 0.1) is 19.3 Å². The molecule has 0 aliphatic carbocycles. The fourth-order valence-corrected chi connectivity index (χ4v) is 1.92. The highest BCUT2D eigenvalue weighted by Gasteiger charge is 2.25. The molecule has 1 atom stereocenters. The van der Waals surface area contributed by atoms with Gasteiger partial charge in [0.2, 0.25) is 5.91 Å². The number of nitrogens with zero attached hydrogens (tertiary/aromatic N) is 1. The van der Waals surface area contributed by atoms with Crippen LogP contribution >= 0.6 is 0 Å². The first kappa shape index (κ1) is 15.7. The third-order valence-electron chi connectivity index (χ3n) is 3.47. The predicted octanol–water partition coefficient (Wildman–Crippen LogP) is 3.03. The van der Waals surface area contributed by atoms with Crippen molar-refractivity contribution in [2.45, 2.75) is 47.1 Å². The standard InChI is InChI=1S/C16H26N2O/c1-11-7-12(2)9-13(8-11)18(6)15(19)10-14(17)16(3,4)5/h7-9,14H,10,17H2,1-6H3. The number of carbonyl (C=O) groups excluding carboxylic acids is 1. The summed E-state index contributed by atoms with van der Waals surface area (Å²) in [5.41, 5.74) is 9.28. The van der Waals surface area contributed by atoms with Crippen LogP contribution in [-0.2, 0) is 4.79 Å². The minimum absolute atomic E-state index is 0.0565. The van der Waals surface area contributed by atoms with Gasteiger partial charge in [-0.15, -0.1) is 0 Å². The van der Waals surface area contributed by atoms with Crippen LogP contribution in [0.2, 0.25) is 0 Å². The molecule has 0 aliphatic heterocycles. The molecule has 0 bridgehead atoms. The molecular formula is C16H26N2O. The van der Waals surface area contributed by atoms with Crippen molar-refractivity contribution in [1.29, 1.82) is 0 Å². The Hall–Kier alpha value is -1.35. The van der Waals surface area contributed by atoms with E-state index >= 15 is 0 Å². The molecule has 0 saturated carbocycles. The molecule has 1 aromatic carbocycles. The Morgan fingerprint density at radius 3 is 2.11 bits per heavy atom. The zero-order valence-electron chi connectivity index (χ0n) is 12.9. The Labute approximate surface area is 116 Å². The van der Waals surface area contributed by atoms with Gasteiger partial charge in [-0.25, -0.2) is 0 Å². The van der Waals surface area contributed by atoms with Gasteiger partial charge in [0.1, 0.15) is 0 Å². The smallest absolute Gasteiger partial charge is 0.228 e. The van der Waals surface area contributed by atoms with Gasteiger partial charge in [-0.3, -0.25) is 4.79 Å². The van der Waals surface area contributed by atoms with E-state index in [9.17, 15) is 4.79 Å². The van der Waals surface area contributed by atoms with E-state index in [1.54, 1.807) is 4.90 Å². The molecule has 0 aliphatic rings. The highest BCUT2D eigenvalue weighted by atomic mass is 16.2. The summed E-state index contributed by atoms with van der Waals surface area (Å²) >= 11 is 0. The summed E-state index contributed by atoms with van der Waals surface area (Å²) in [5, 5.41) is 0. The lowest BCUT2D eigenvalue weighted by molar-refractivity contribution is -0.119. The van der Waals surface area contributed by atoms with Crippen molar-refractivity contribution in [3.8, 4) is 0 Å². The van der Waals surface area contributed by atoms with Gasteiger partial charge in [-0.05, 0) is 42.5 Å². The third kappa shape index (κ3) is 4.35. The maximum absolute atomic E-state index is 12.3. The second-order valence-electron chi connectivity index (χ2n) is 6.48. The van der Waals surface area contributed by atoms with E-state index in [1.165, 1.54) is 0 Å². The van der Waals surface area contributed by atoms with Crippen molar-refractivity contribution < 1.29 is 4.79 Å². The first-order valence-corrected chi connectivity index (χ1v) is 6.71. The molecule has 0 saturated heterocycles. The zero-order chi connectivity index (χ0) is 14.8. The lowest BCUT2D eigenvalue weighted by Crippen LogP contribution is -2.40. The summed E-state index contributed by atoms with van der Waals surface area (Å²) in [7, 11) is 1.81. The molecule has 1 unspecified atom stereocenters. The van der Waals surface area contributed by atoms with Crippen molar-refractivity contribution in [3.05, 3.63) is 29.3 Å². The van der Waals surface area contributed by atoms with Crippen LogP contribution in [0.15, 0.2) is 18.2 Å². The molecule has 1 aromatic rings. The first-order valence-electron chi connectivity index (χ1n) is 6.71. The highest BCUT2D eigenvalue weighted by molar-refractivity contribution is 5.93. The second kappa shape index (κ2) is 5.74. The average molecular weight is 262 g/mol. The monoisotopic (exact) mass is 262 g/mol. The number of benzene rings is 1. The molecule has 0 fully saturated rings. The molecule has 0 radical (unpaired) electrons. The van der Waals surface area contributed by atoms with E-state index in [-0.39, 0.29) is 17.4 Å². The van der Waals surface area contributed by atoms with Crippen molar-refractivity contribution in [1.82, 2.24) is 0 Å². The summed E-state index contributed by atoms with van der Waals surface area (Å²) in [4.78, 5) is 14.0. The molecule has 19 heavy (non-hydrogen) atoms. The minimum atomic E-state index is -0.131. The van der Waals surface area contributed by atoms with Gasteiger partial charge >= 0.3 is 0 Å². The maximum atomic E-state index is 12.3. The summed E-state index contributed by atoms with van der Waals surface area (Å²) in [6.45, 7) is 10.2. The number of aryl methyl sites for hydroxylation is 2. The molecule has 1 amide bonds. The van der Waals surface area contributed by atoms with E-state index < -0.39 is 0 Å². The first-order chi connectivity index (χ1) is 8.61. The normalized spacial score (nSPS) is 13.2. The predicted molar refractivity (Wildman–Crippen MR) is 81.4 cm³/mol. The Balaban J connectivity index is 2.82. The third-order valence-corrected chi connectivity index (χ3v) is 3.47. The largest absolute Gasteiger partial charge is 0.327 e. The average Bonchev–Trinajstić information content (AvgIpc) is 2.25. The lowest BCUT2D eigenvalue weighted by atomic mass is 9.85. The maximum Gasteiger partial charge on any atom is 0.228 e. The number of hydrogen-bond donors (Lipinski definition) is 1. The number of nitrogens with two attached hydrogens (primary N) is 1. The van der Waals surface area contributed by atoms with Crippen LogP contribution in [0.5, 0.6) is 0 Å². The Morgan fingerprint density at radius 2 is 1.68 bits per heavy atom. The Kier molecular flexibility index (Phi) is 4.75. The van der Waals surface area contributed by atoms with Crippen LogP contribution < -0.4 is 10.6 Å². The van der Waals surface area contributed by atoms with Crippen LogP contribution in [0.3, 0.4) is 0 Å². The Bertz CT molecular complexity index is 440. The van der Waals surface area contributed by atoms with Gasteiger partial charge in [-0.1, -0.05) is 26.8 Å². The second-order valence-corrected chi connectivity index (χ2v) is 6.48. The minimum Gasteiger partial charge on any atom is -0.327 e. The van der Waals surface area contributed by atoms with Crippen LogP contribution in [-0.4, -0.2) is 19.0 Å². The van der Waals surface area contributed by atoms with Gasteiger partial charge < -0.3 is 10.6 Å². The molecule has 0 spiro atoms. The van der Waals surface area contributed by atoms with E-state index in [0.717, 1.165) is 16.8 Å². The van der Waals surface area contributed by atoms with Gasteiger partial charge in [0.25, 0.3) is 0 Å². The van der Waals surface area contributed by atoms with Crippen LogP contribution in [0.4, 0.5) is 5.69 Å². The Morgan fingerprint density at radius 1 is 1.21 bits per heavy atom. The SMILES string of the molecule is Cc1cc(C)cc(N(C)C(=O)CC(N)C(C)(C)C)c1.